The van der Waals surface area contributed by atoms with Crippen molar-refractivity contribution in [2.75, 3.05) is 10.6 Å². The predicted octanol–water partition coefficient (Wildman–Crippen LogP) is 5.43. The van der Waals surface area contributed by atoms with Crippen LogP contribution in [0.25, 0.3) is 0 Å². The number of nitrogens with zero attached hydrogens (tertiary/aromatic N) is 2. The molecule has 8 heteroatoms. The van der Waals surface area contributed by atoms with Gasteiger partial charge in [-0.1, -0.05) is 53.0 Å². The first-order valence-electron chi connectivity index (χ1n) is 7.14. The van der Waals surface area contributed by atoms with Crippen LogP contribution in [0, 0.1) is 0 Å². The molecule has 1 heterocycles. The van der Waals surface area contributed by atoms with Crippen molar-refractivity contribution in [1.29, 1.82) is 0 Å². The van der Waals surface area contributed by atoms with Crippen LogP contribution < -0.4 is 10.6 Å². The van der Waals surface area contributed by atoms with Crippen molar-refractivity contribution < 1.29 is 4.79 Å². The summed E-state index contributed by atoms with van der Waals surface area (Å²) in [5.74, 6) is -0.217. The zero-order valence-electron chi connectivity index (χ0n) is 12.6. The van der Waals surface area contributed by atoms with E-state index in [9.17, 15) is 4.79 Å². The molecular weight excluding hydrogens is 383 g/mol. The van der Waals surface area contributed by atoms with Crippen LogP contribution in [0.1, 0.15) is 10.5 Å². The summed E-state index contributed by atoms with van der Waals surface area (Å²) in [7, 11) is 0. The average molecular weight is 394 g/mol. The van der Waals surface area contributed by atoms with Crippen molar-refractivity contribution in [3.8, 4) is 0 Å². The Hall–Kier alpha value is -2.34. The van der Waals surface area contributed by atoms with Crippen LogP contribution in [0.4, 0.5) is 17.3 Å². The summed E-state index contributed by atoms with van der Waals surface area (Å²) < 4.78 is 0. The Morgan fingerprint density at radius 3 is 2.28 bits per heavy atom. The van der Waals surface area contributed by atoms with Gasteiger partial charge in [-0.05, 0) is 30.3 Å². The fraction of sp³-hybridized carbons (Fsp3) is 0. The second kappa shape index (κ2) is 7.70. The second-order valence-electron chi connectivity index (χ2n) is 4.92. The summed E-state index contributed by atoms with van der Waals surface area (Å²) in [5, 5.41) is 6.81. The van der Waals surface area contributed by atoms with Crippen LogP contribution in [0.15, 0.2) is 54.7 Å². The monoisotopic (exact) mass is 392 g/mol. The normalized spacial score (nSPS) is 10.4. The van der Waals surface area contributed by atoms with E-state index in [1.807, 2.05) is 12.1 Å². The lowest BCUT2D eigenvalue weighted by Gasteiger charge is -2.10. The van der Waals surface area contributed by atoms with Crippen LogP contribution in [-0.2, 0) is 0 Å². The highest BCUT2D eigenvalue weighted by Crippen LogP contribution is 2.30. The minimum Gasteiger partial charge on any atom is -0.323 e. The van der Waals surface area contributed by atoms with Crippen LogP contribution >= 0.6 is 34.8 Å². The number of carbonyl (C=O) groups excluding carboxylic acids is 1. The average Bonchev–Trinajstić information content (AvgIpc) is 2.60. The number of carbonyl (C=O) groups is 1. The summed E-state index contributed by atoms with van der Waals surface area (Å²) in [6.45, 7) is 0. The van der Waals surface area contributed by atoms with E-state index in [0.717, 1.165) is 0 Å². The number of nitrogens with one attached hydrogen (secondary N) is 2. The summed E-state index contributed by atoms with van der Waals surface area (Å²) in [6, 6.07) is 13.6. The zero-order chi connectivity index (χ0) is 17.8. The molecule has 0 radical (unpaired) electrons. The third kappa shape index (κ3) is 4.20. The molecule has 0 fully saturated rings. The minimum atomic E-state index is -0.459. The van der Waals surface area contributed by atoms with Crippen molar-refractivity contribution >= 4 is 58.0 Å². The number of hydrogen-bond donors (Lipinski definition) is 2. The first-order valence-corrected chi connectivity index (χ1v) is 8.28. The number of halogens is 3. The lowest BCUT2D eigenvalue weighted by molar-refractivity contribution is 0.102. The van der Waals surface area contributed by atoms with Crippen LogP contribution in [0.2, 0.25) is 15.1 Å². The van der Waals surface area contributed by atoms with Gasteiger partial charge in [0.1, 0.15) is 5.69 Å². The molecule has 3 aromatic rings. The van der Waals surface area contributed by atoms with E-state index in [0.29, 0.717) is 26.4 Å². The number of amides is 1. The van der Waals surface area contributed by atoms with Gasteiger partial charge in [0.2, 0.25) is 5.95 Å². The largest absolute Gasteiger partial charge is 0.323 e. The lowest BCUT2D eigenvalue weighted by Crippen LogP contribution is -2.15. The van der Waals surface area contributed by atoms with Gasteiger partial charge in [-0.3, -0.25) is 4.79 Å². The van der Waals surface area contributed by atoms with E-state index in [1.54, 1.807) is 30.3 Å². The maximum Gasteiger partial charge on any atom is 0.274 e. The molecule has 1 aromatic heterocycles. The molecule has 5 nitrogen and oxygen atoms in total. The fourth-order valence-corrected chi connectivity index (χ4v) is 2.70. The Labute approximate surface area is 159 Å². The maximum atomic E-state index is 12.4. The molecule has 1 amide bonds. The van der Waals surface area contributed by atoms with E-state index in [4.69, 9.17) is 34.8 Å². The SMILES string of the molecule is O=C(Nc1c(Cl)cccc1Cl)c1ccnc(Nc2ccccc2Cl)n1. The Bertz CT molecular complexity index is 913. The van der Waals surface area contributed by atoms with Crippen molar-refractivity contribution in [2.24, 2.45) is 0 Å². The molecule has 0 saturated heterocycles. The molecule has 0 saturated carbocycles. The summed E-state index contributed by atoms with van der Waals surface area (Å²) in [5.41, 5.74) is 1.12. The van der Waals surface area contributed by atoms with E-state index < -0.39 is 5.91 Å². The van der Waals surface area contributed by atoms with Crippen molar-refractivity contribution in [3.05, 3.63) is 75.5 Å². The minimum absolute atomic E-state index is 0.153. The predicted molar refractivity (Wildman–Crippen MR) is 101 cm³/mol. The molecule has 0 aliphatic rings. The van der Waals surface area contributed by atoms with Gasteiger partial charge in [0.25, 0.3) is 5.91 Å². The highest BCUT2D eigenvalue weighted by atomic mass is 35.5. The Morgan fingerprint density at radius 1 is 0.880 bits per heavy atom. The third-order valence-electron chi connectivity index (χ3n) is 3.21. The quantitative estimate of drug-likeness (QED) is 0.620. The fourth-order valence-electron chi connectivity index (χ4n) is 2.02. The smallest absolute Gasteiger partial charge is 0.274 e. The number of anilines is 3. The molecule has 2 N–H and O–H groups in total. The van der Waals surface area contributed by atoms with Gasteiger partial charge in [-0.2, -0.15) is 0 Å². The van der Waals surface area contributed by atoms with Gasteiger partial charge in [0, 0.05) is 6.20 Å². The maximum absolute atomic E-state index is 12.4. The number of rotatable bonds is 4. The third-order valence-corrected chi connectivity index (χ3v) is 4.17. The van der Waals surface area contributed by atoms with Gasteiger partial charge in [0.15, 0.2) is 0 Å². The first kappa shape index (κ1) is 17.5. The second-order valence-corrected chi connectivity index (χ2v) is 6.14. The molecule has 3 rings (SSSR count). The molecule has 0 aliphatic carbocycles. The number of aromatic nitrogens is 2. The van der Waals surface area contributed by atoms with Crippen LogP contribution in [0.3, 0.4) is 0 Å². The first-order chi connectivity index (χ1) is 12.0. The van der Waals surface area contributed by atoms with E-state index in [1.165, 1.54) is 12.3 Å². The highest BCUT2D eigenvalue weighted by molar-refractivity contribution is 6.40. The van der Waals surface area contributed by atoms with Crippen molar-refractivity contribution in [3.63, 3.8) is 0 Å². The van der Waals surface area contributed by atoms with E-state index >= 15 is 0 Å². The Balaban J connectivity index is 1.81. The summed E-state index contributed by atoms with van der Waals surface area (Å²) in [6.07, 6.45) is 1.47. The van der Waals surface area contributed by atoms with Crippen LogP contribution in [-0.4, -0.2) is 15.9 Å². The number of benzene rings is 2. The Kier molecular flexibility index (Phi) is 5.38. The van der Waals surface area contributed by atoms with E-state index in [2.05, 4.69) is 20.6 Å². The summed E-state index contributed by atoms with van der Waals surface area (Å²) in [4.78, 5) is 20.7. The Morgan fingerprint density at radius 2 is 1.56 bits per heavy atom. The van der Waals surface area contributed by atoms with Gasteiger partial charge in [-0.15, -0.1) is 0 Å². The van der Waals surface area contributed by atoms with Gasteiger partial charge < -0.3 is 10.6 Å². The molecule has 0 bridgehead atoms. The molecule has 0 aliphatic heterocycles. The van der Waals surface area contributed by atoms with E-state index in [-0.39, 0.29) is 11.6 Å². The molecule has 2 aromatic carbocycles. The van der Waals surface area contributed by atoms with Gasteiger partial charge >= 0.3 is 0 Å². The highest BCUT2D eigenvalue weighted by Gasteiger charge is 2.13. The molecule has 0 unspecified atom stereocenters. The van der Waals surface area contributed by atoms with Crippen molar-refractivity contribution in [2.45, 2.75) is 0 Å². The number of hydrogen-bond acceptors (Lipinski definition) is 4. The number of para-hydroxylation sites is 2. The lowest BCUT2D eigenvalue weighted by atomic mass is 10.3. The summed E-state index contributed by atoms with van der Waals surface area (Å²) >= 11 is 18.2. The molecule has 126 valence electrons. The van der Waals surface area contributed by atoms with Gasteiger partial charge in [0.05, 0.1) is 26.4 Å². The zero-order valence-corrected chi connectivity index (χ0v) is 14.9. The topological polar surface area (TPSA) is 66.9 Å². The van der Waals surface area contributed by atoms with Crippen molar-refractivity contribution in [1.82, 2.24) is 9.97 Å². The molecule has 0 atom stereocenters. The molecule has 25 heavy (non-hydrogen) atoms. The van der Waals surface area contributed by atoms with Gasteiger partial charge in [-0.25, -0.2) is 9.97 Å². The standard InChI is InChI=1S/C17H11Cl3N4O/c18-10-4-1-2-7-13(10)22-17-21-9-8-14(23-17)16(25)24-15-11(19)5-3-6-12(15)20/h1-9H,(H,24,25)(H,21,22,23). The van der Waals surface area contributed by atoms with Crippen LogP contribution in [0.5, 0.6) is 0 Å². The molecule has 0 spiro atoms. The molecular formula is C17H11Cl3N4O.